The van der Waals surface area contributed by atoms with Gasteiger partial charge < -0.3 is 15.0 Å². The third kappa shape index (κ3) is 4.95. The molecule has 2 heterocycles. The lowest BCUT2D eigenvalue weighted by Crippen LogP contribution is -2.44. The summed E-state index contributed by atoms with van der Waals surface area (Å²) in [5, 5.41) is 3.48. The van der Waals surface area contributed by atoms with Gasteiger partial charge in [0.15, 0.2) is 6.61 Å². The molecule has 0 bridgehead atoms. The summed E-state index contributed by atoms with van der Waals surface area (Å²) < 4.78 is 5.63. The van der Waals surface area contributed by atoms with Crippen molar-refractivity contribution in [2.45, 2.75) is 32.2 Å². The molecule has 0 unspecified atom stereocenters. The van der Waals surface area contributed by atoms with Crippen molar-refractivity contribution in [1.29, 1.82) is 0 Å². The molecule has 0 saturated carbocycles. The monoisotopic (exact) mass is 339 g/mol. The van der Waals surface area contributed by atoms with Crippen molar-refractivity contribution in [1.82, 2.24) is 9.88 Å². The standard InChI is InChI=1S/C20H25N3O2/c1-2-16-5-7-19(8-6-16)25-15-20(24)23-12-9-17(10-13-23)22-18-4-3-11-21-14-18/h3-8,11,14,17,22H,2,9-10,12-13,15H2,1H3. The fourth-order valence-electron chi connectivity index (χ4n) is 3.01. The van der Waals surface area contributed by atoms with Gasteiger partial charge in [-0.1, -0.05) is 19.1 Å². The van der Waals surface area contributed by atoms with E-state index < -0.39 is 0 Å². The summed E-state index contributed by atoms with van der Waals surface area (Å²) in [6.45, 7) is 3.74. The summed E-state index contributed by atoms with van der Waals surface area (Å²) in [5.74, 6) is 0.804. The molecule has 1 N–H and O–H groups in total. The second-order valence-corrected chi connectivity index (χ2v) is 6.33. The highest BCUT2D eigenvalue weighted by atomic mass is 16.5. The Morgan fingerprint density at radius 3 is 2.64 bits per heavy atom. The maximum Gasteiger partial charge on any atom is 0.260 e. The number of piperidine rings is 1. The van der Waals surface area contributed by atoms with Crippen LogP contribution in [0.4, 0.5) is 5.69 Å². The van der Waals surface area contributed by atoms with Crippen LogP contribution in [0, 0.1) is 0 Å². The highest BCUT2D eigenvalue weighted by Gasteiger charge is 2.22. The molecule has 5 nitrogen and oxygen atoms in total. The Morgan fingerprint density at radius 1 is 1.24 bits per heavy atom. The van der Waals surface area contributed by atoms with Crippen molar-refractivity contribution in [3.8, 4) is 5.75 Å². The lowest BCUT2D eigenvalue weighted by atomic mass is 10.0. The van der Waals surface area contributed by atoms with E-state index in [4.69, 9.17) is 4.74 Å². The largest absolute Gasteiger partial charge is 0.484 e. The molecule has 0 atom stereocenters. The number of likely N-dealkylation sites (tertiary alicyclic amines) is 1. The van der Waals surface area contributed by atoms with Gasteiger partial charge in [-0.25, -0.2) is 0 Å². The zero-order valence-corrected chi connectivity index (χ0v) is 14.6. The quantitative estimate of drug-likeness (QED) is 0.878. The lowest BCUT2D eigenvalue weighted by molar-refractivity contribution is -0.134. The maximum absolute atomic E-state index is 12.3. The van der Waals surface area contributed by atoms with Crippen LogP contribution >= 0.6 is 0 Å². The van der Waals surface area contributed by atoms with Gasteiger partial charge in [0, 0.05) is 31.5 Å². The Labute approximate surface area is 149 Å². The molecule has 132 valence electrons. The Morgan fingerprint density at radius 2 is 2.00 bits per heavy atom. The molecule has 1 aliphatic rings. The minimum absolute atomic E-state index is 0.0550. The van der Waals surface area contributed by atoms with Crippen LogP contribution in [0.5, 0.6) is 5.75 Å². The minimum atomic E-state index is 0.0550. The van der Waals surface area contributed by atoms with Crippen LogP contribution in [0.3, 0.4) is 0 Å². The molecule has 0 spiro atoms. The Hall–Kier alpha value is -2.56. The minimum Gasteiger partial charge on any atom is -0.484 e. The number of nitrogens with one attached hydrogen (secondary N) is 1. The van der Waals surface area contributed by atoms with E-state index in [2.05, 4.69) is 17.2 Å². The Balaban J connectivity index is 1.41. The van der Waals surface area contributed by atoms with Crippen molar-refractivity contribution in [2.24, 2.45) is 0 Å². The summed E-state index contributed by atoms with van der Waals surface area (Å²) in [7, 11) is 0. The van der Waals surface area contributed by atoms with Crippen LogP contribution in [0.2, 0.25) is 0 Å². The third-order valence-electron chi connectivity index (χ3n) is 4.57. The molecule has 5 heteroatoms. The number of hydrogen-bond acceptors (Lipinski definition) is 4. The van der Waals surface area contributed by atoms with Gasteiger partial charge >= 0.3 is 0 Å². The first-order valence-electron chi connectivity index (χ1n) is 8.90. The number of benzene rings is 1. The number of aromatic nitrogens is 1. The third-order valence-corrected chi connectivity index (χ3v) is 4.57. The van der Waals surface area contributed by atoms with E-state index in [1.54, 1.807) is 6.20 Å². The van der Waals surface area contributed by atoms with E-state index in [1.165, 1.54) is 5.56 Å². The maximum atomic E-state index is 12.3. The van der Waals surface area contributed by atoms with Crippen molar-refractivity contribution in [3.05, 3.63) is 54.4 Å². The van der Waals surface area contributed by atoms with Gasteiger partial charge in [-0.2, -0.15) is 0 Å². The molecule has 2 aromatic rings. The van der Waals surface area contributed by atoms with Crippen molar-refractivity contribution in [3.63, 3.8) is 0 Å². The number of aryl methyl sites for hydroxylation is 1. The average Bonchev–Trinajstić information content (AvgIpc) is 2.68. The summed E-state index contributed by atoms with van der Waals surface area (Å²) in [5.41, 5.74) is 2.30. The molecule has 1 aliphatic heterocycles. The van der Waals surface area contributed by atoms with Gasteiger partial charge in [0.1, 0.15) is 5.75 Å². The van der Waals surface area contributed by atoms with Crippen molar-refractivity contribution in [2.75, 3.05) is 25.0 Å². The number of carbonyl (C=O) groups excluding carboxylic acids is 1. The summed E-state index contributed by atoms with van der Waals surface area (Å²) >= 11 is 0. The molecular formula is C20H25N3O2. The zero-order valence-electron chi connectivity index (χ0n) is 14.6. The first-order chi connectivity index (χ1) is 12.2. The van der Waals surface area contributed by atoms with Crippen LogP contribution in [0.1, 0.15) is 25.3 Å². The molecule has 1 amide bonds. The van der Waals surface area contributed by atoms with Crippen LogP contribution in [-0.2, 0) is 11.2 Å². The van der Waals surface area contributed by atoms with Crippen molar-refractivity contribution >= 4 is 11.6 Å². The topological polar surface area (TPSA) is 54.5 Å². The molecule has 0 aliphatic carbocycles. The van der Waals surface area contributed by atoms with Gasteiger partial charge in [-0.15, -0.1) is 0 Å². The van der Waals surface area contributed by atoms with E-state index in [-0.39, 0.29) is 12.5 Å². The Kier molecular flexibility index (Phi) is 5.88. The predicted molar refractivity (Wildman–Crippen MR) is 98.8 cm³/mol. The number of carbonyl (C=O) groups is 1. The molecule has 1 saturated heterocycles. The first kappa shape index (κ1) is 17.3. The molecule has 1 aromatic heterocycles. The molecule has 1 aromatic carbocycles. The number of anilines is 1. The number of ether oxygens (including phenoxy) is 1. The lowest BCUT2D eigenvalue weighted by Gasteiger charge is -2.32. The second kappa shape index (κ2) is 8.51. The first-order valence-corrected chi connectivity index (χ1v) is 8.90. The van der Waals surface area contributed by atoms with Crippen LogP contribution in [-0.4, -0.2) is 41.5 Å². The van der Waals surface area contributed by atoms with Gasteiger partial charge in [0.05, 0.1) is 5.69 Å². The van der Waals surface area contributed by atoms with E-state index in [1.807, 2.05) is 47.5 Å². The van der Waals surface area contributed by atoms with Crippen molar-refractivity contribution < 1.29 is 9.53 Å². The highest BCUT2D eigenvalue weighted by molar-refractivity contribution is 5.77. The average molecular weight is 339 g/mol. The normalized spacial score (nSPS) is 15.0. The molecule has 0 radical (unpaired) electrons. The highest BCUT2D eigenvalue weighted by Crippen LogP contribution is 2.17. The summed E-state index contributed by atoms with van der Waals surface area (Å²) in [6.07, 6.45) is 6.47. The van der Waals surface area contributed by atoms with Crippen LogP contribution in [0.25, 0.3) is 0 Å². The fourth-order valence-corrected chi connectivity index (χ4v) is 3.01. The number of hydrogen-bond donors (Lipinski definition) is 1. The molecule has 3 rings (SSSR count). The van der Waals surface area contributed by atoms with E-state index in [0.717, 1.165) is 43.8 Å². The summed E-state index contributed by atoms with van der Waals surface area (Å²) in [4.78, 5) is 18.3. The molecular weight excluding hydrogens is 314 g/mol. The van der Waals surface area contributed by atoms with Gasteiger partial charge in [-0.05, 0) is 49.1 Å². The summed E-state index contributed by atoms with van der Waals surface area (Å²) in [6, 6.07) is 12.3. The predicted octanol–water partition coefficient (Wildman–Crippen LogP) is 3.13. The Bertz CT molecular complexity index is 665. The number of nitrogens with zero attached hydrogens (tertiary/aromatic N) is 2. The van der Waals surface area contributed by atoms with Gasteiger partial charge in [0.25, 0.3) is 5.91 Å². The second-order valence-electron chi connectivity index (χ2n) is 6.33. The fraction of sp³-hybridized carbons (Fsp3) is 0.400. The molecule has 25 heavy (non-hydrogen) atoms. The van der Waals surface area contributed by atoms with E-state index >= 15 is 0 Å². The van der Waals surface area contributed by atoms with E-state index in [0.29, 0.717) is 6.04 Å². The van der Waals surface area contributed by atoms with Gasteiger partial charge in [-0.3, -0.25) is 9.78 Å². The smallest absolute Gasteiger partial charge is 0.260 e. The number of amides is 1. The van der Waals surface area contributed by atoms with Crippen LogP contribution in [0.15, 0.2) is 48.8 Å². The van der Waals surface area contributed by atoms with E-state index in [9.17, 15) is 4.79 Å². The van der Waals surface area contributed by atoms with Crippen LogP contribution < -0.4 is 10.1 Å². The van der Waals surface area contributed by atoms with Gasteiger partial charge in [0.2, 0.25) is 0 Å². The molecule has 1 fully saturated rings. The SMILES string of the molecule is CCc1ccc(OCC(=O)N2CCC(Nc3cccnc3)CC2)cc1. The number of pyridine rings is 1. The number of rotatable bonds is 6. The zero-order chi connectivity index (χ0) is 17.5.